The Morgan fingerprint density at radius 2 is 1.90 bits per heavy atom. The van der Waals surface area contributed by atoms with E-state index in [0.29, 0.717) is 12.6 Å². The van der Waals surface area contributed by atoms with E-state index in [1.807, 2.05) is 13.8 Å². The highest BCUT2D eigenvalue weighted by Gasteiger charge is 2.41. The Morgan fingerprint density at radius 3 is 2.48 bits per heavy atom. The SMILES string of the molecule is CCOC(=O)C(C)(CCN1CC2CCCC2C1)NC1CC1. The second kappa shape index (κ2) is 6.25. The third-order valence-corrected chi connectivity index (χ3v) is 5.56. The number of carbonyl (C=O) groups excluding carboxylic acids is 1. The minimum absolute atomic E-state index is 0.0729. The Bertz CT molecular complexity index is 371. The second-order valence-corrected chi connectivity index (χ2v) is 7.43. The first kappa shape index (κ1) is 15.3. The smallest absolute Gasteiger partial charge is 0.326 e. The van der Waals surface area contributed by atoms with Crippen molar-refractivity contribution in [1.82, 2.24) is 10.2 Å². The molecule has 3 aliphatic rings. The van der Waals surface area contributed by atoms with Gasteiger partial charge in [-0.1, -0.05) is 6.42 Å². The van der Waals surface area contributed by atoms with Crippen LogP contribution in [-0.2, 0) is 9.53 Å². The first-order chi connectivity index (χ1) is 10.1. The summed E-state index contributed by atoms with van der Waals surface area (Å²) >= 11 is 0. The molecule has 4 nitrogen and oxygen atoms in total. The third-order valence-electron chi connectivity index (χ3n) is 5.56. The van der Waals surface area contributed by atoms with Gasteiger partial charge in [0.1, 0.15) is 5.54 Å². The van der Waals surface area contributed by atoms with E-state index in [0.717, 1.165) is 24.8 Å². The Hall–Kier alpha value is -0.610. The maximum Gasteiger partial charge on any atom is 0.326 e. The van der Waals surface area contributed by atoms with Crippen molar-refractivity contribution in [3.63, 3.8) is 0 Å². The summed E-state index contributed by atoms with van der Waals surface area (Å²) in [6, 6.07) is 0.525. The van der Waals surface area contributed by atoms with Crippen molar-refractivity contribution in [3.8, 4) is 0 Å². The number of likely N-dealkylation sites (tertiary alicyclic amines) is 1. The Labute approximate surface area is 128 Å². The minimum Gasteiger partial charge on any atom is -0.465 e. The Kier molecular flexibility index (Phi) is 4.55. The monoisotopic (exact) mass is 294 g/mol. The molecular formula is C17H30N2O2. The first-order valence-electron chi connectivity index (χ1n) is 8.78. The van der Waals surface area contributed by atoms with Gasteiger partial charge in [-0.3, -0.25) is 10.1 Å². The minimum atomic E-state index is -0.505. The molecular weight excluding hydrogens is 264 g/mol. The van der Waals surface area contributed by atoms with Gasteiger partial charge in [-0.2, -0.15) is 0 Å². The molecule has 120 valence electrons. The summed E-state index contributed by atoms with van der Waals surface area (Å²) in [7, 11) is 0. The van der Waals surface area contributed by atoms with Gasteiger partial charge in [0.15, 0.2) is 0 Å². The molecule has 1 N–H and O–H groups in total. The summed E-state index contributed by atoms with van der Waals surface area (Å²) in [6.07, 6.45) is 7.51. The molecule has 1 aliphatic heterocycles. The van der Waals surface area contributed by atoms with Gasteiger partial charge in [0.25, 0.3) is 0 Å². The van der Waals surface area contributed by atoms with Gasteiger partial charge in [-0.05, 0) is 57.8 Å². The van der Waals surface area contributed by atoms with E-state index >= 15 is 0 Å². The van der Waals surface area contributed by atoms with E-state index in [-0.39, 0.29) is 5.97 Å². The highest BCUT2D eigenvalue weighted by atomic mass is 16.5. The van der Waals surface area contributed by atoms with Crippen LogP contribution in [-0.4, -0.2) is 48.7 Å². The quantitative estimate of drug-likeness (QED) is 0.731. The highest BCUT2D eigenvalue weighted by molar-refractivity contribution is 5.80. The van der Waals surface area contributed by atoms with Gasteiger partial charge in [-0.25, -0.2) is 0 Å². The molecule has 0 aromatic carbocycles. The molecule has 1 heterocycles. The van der Waals surface area contributed by atoms with Crippen molar-refractivity contribution in [2.75, 3.05) is 26.2 Å². The van der Waals surface area contributed by atoms with Gasteiger partial charge in [0.05, 0.1) is 6.61 Å². The van der Waals surface area contributed by atoms with Gasteiger partial charge in [0, 0.05) is 25.7 Å². The Balaban J connectivity index is 1.53. The standard InChI is InChI=1S/C17H30N2O2/c1-3-21-16(20)17(2,18-15-7-8-15)9-10-19-11-13-5-4-6-14(13)12-19/h13-15,18H,3-12H2,1-2H3. The molecule has 0 bridgehead atoms. The number of fused-ring (bicyclic) bond motifs is 1. The first-order valence-corrected chi connectivity index (χ1v) is 8.78. The zero-order chi connectivity index (χ0) is 14.9. The van der Waals surface area contributed by atoms with Crippen LogP contribution in [0.25, 0.3) is 0 Å². The molecule has 4 heteroatoms. The van der Waals surface area contributed by atoms with Crippen LogP contribution < -0.4 is 5.32 Å². The maximum absolute atomic E-state index is 12.3. The number of carbonyl (C=O) groups is 1. The van der Waals surface area contributed by atoms with Gasteiger partial charge < -0.3 is 9.64 Å². The number of hydrogen-bond acceptors (Lipinski definition) is 4. The van der Waals surface area contributed by atoms with Crippen molar-refractivity contribution < 1.29 is 9.53 Å². The number of hydrogen-bond donors (Lipinski definition) is 1. The fourth-order valence-electron chi connectivity index (χ4n) is 4.10. The van der Waals surface area contributed by atoms with Crippen LogP contribution in [0, 0.1) is 11.8 Å². The molecule has 0 aromatic heterocycles. The molecule has 3 rings (SSSR count). The van der Waals surface area contributed by atoms with Crippen molar-refractivity contribution in [1.29, 1.82) is 0 Å². The molecule has 0 amide bonds. The van der Waals surface area contributed by atoms with Crippen LogP contribution >= 0.6 is 0 Å². The van der Waals surface area contributed by atoms with E-state index < -0.39 is 5.54 Å². The number of esters is 1. The molecule has 0 spiro atoms. The maximum atomic E-state index is 12.3. The predicted molar refractivity (Wildman–Crippen MR) is 83.1 cm³/mol. The van der Waals surface area contributed by atoms with Crippen LogP contribution in [0.4, 0.5) is 0 Å². The van der Waals surface area contributed by atoms with Crippen LogP contribution in [0.5, 0.6) is 0 Å². The normalized spacial score (nSPS) is 31.9. The summed E-state index contributed by atoms with van der Waals surface area (Å²) in [5.41, 5.74) is -0.505. The molecule has 1 saturated heterocycles. The van der Waals surface area contributed by atoms with Crippen molar-refractivity contribution in [2.24, 2.45) is 11.8 Å². The van der Waals surface area contributed by atoms with E-state index in [1.165, 1.54) is 45.2 Å². The van der Waals surface area contributed by atoms with Crippen LogP contribution in [0.2, 0.25) is 0 Å². The molecule has 21 heavy (non-hydrogen) atoms. The largest absolute Gasteiger partial charge is 0.465 e. The van der Waals surface area contributed by atoms with Crippen molar-refractivity contribution >= 4 is 5.97 Å². The lowest BCUT2D eigenvalue weighted by Crippen LogP contribution is -2.53. The number of rotatable bonds is 7. The fourth-order valence-corrected chi connectivity index (χ4v) is 4.10. The van der Waals surface area contributed by atoms with Gasteiger partial charge >= 0.3 is 5.97 Å². The van der Waals surface area contributed by atoms with E-state index in [4.69, 9.17) is 4.74 Å². The lowest BCUT2D eigenvalue weighted by Gasteiger charge is -2.30. The third kappa shape index (κ3) is 3.59. The van der Waals surface area contributed by atoms with Gasteiger partial charge in [-0.15, -0.1) is 0 Å². The topological polar surface area (TPSA) is 41.6 Å². The molecule has 2 aliphatic carbocycles. The number of nitrogens with one attached hydrogen (secondary N) is 1. The summed E-state index contributed by atoms with van der Waals surface area (Å²) < 4.78 is 5.31. The molecule has 0 aromatic rings. The Morgan fingerprint density at radius 1 is 1.24 bits per heavy atom. The average molecular weight is 294 g/mol. The van der Waals surface area contributed by atoms with Crippen molar-refractivity contribution in [2.45, 2.75) is 64.0 Å². The highest BCUT2D eigenvalue weighted by Crippen LogP contribution is 2.38. The van der Waals surface area contributed by atoms with E-state index in [2.05, 4.69) is 10.2 Å². The lowest BCUT2D eigenvalue weighted by atomic mass is 9.97. The molecule has 3 fully saturated rings. The molecule has 0 radical (unpaired) electrons. The number of nitrogens with zero attached hydrogens (tertiary/aromatic N) is 1. The van der Waals surface area contributed by atoms with Crippen molar-refractivity contribution in [3.05, 3.63) is 0 Å². The number of ether oxygens (including phenoxy) is 1. The van der Waals surface area contributed by atoms with E-state index in [9.17, 15) is 4.79 Å². The second-order valence-electron chi connectivity index (χ2n) is 7.43. The summed E-state index contributed by atoms with van der Waals surface area (Å²) in [6.45, 7) is 7.88. The average Bonchev–Trinajstić information content (AvgIpc) is 2.99. The zero-order valence-electron chi connectivity index (χ0n) is 13.6. The van der Waals surface area contributed by atoms with E-state index in [1.54, 1.807) is 0 Å². The summed E-state index contributed by atoms with van der Waals surface area (Å²) in [4.78, 5) is 14.9. The lowest BCUT2D eigenvalue weighted by molar-refractivity contribution is -0.151. The summed E-state index contributed by atoms with van der Waals surface area (Å²) in [5, 5.41) is 3.53. The summed E-state index contributed by atoms with van der Waals surface area (Å²) in [5.74, 6) is 1.78. The molecule has 3 atom stereocenters. The van der Waals surface area contributed by atoms with Gasteiger partial charge in [0.2, 0.25) is 0 Å². The van der Waals surface area contributed by atoms with Crippen LogP contribution in [0.1, 0.15) is 52.4 Å². The molecule has 2 saturated carbocycles. The fraction of sp³-hybridized carbons (Fsp3) is 0.941. The van der Waals surface area contributed by atoms with Crippen LogP contribution in [0.15, 0.2) is 0 Å². The van der Waals surface area contributed by atoms with Crippen LogP contribution in [0.3, 0.4) is 0 Å². The predicted octanol–water partition coefficient (Wildman–Crippen LogP) is 2.18. The zero-order valence-corrected chi connectivity index (χ0v) is 13.6. The molecule has 3 unspecified atom stereocenters.